The lowest BCUT2D eigenvalue weighted by atomic mass is 9.87. The van der Waals surface area contributed by atoms with Crippen molar-refractivity contribution in [2.24, 2.45) is 11.5 Å². The number of anilines is 1. The van der Waals surface area contributed by atoms with E-state index in [1.807, 2.05) is 0 Å². The molecule has 3 nitrogen and oxygen atoms in total. The fourth-order valence-electron chi connectivity index (χ4n) is 1.85. The third-order valence-corrected chi connectivity index (χ3v) is 2.90. The van der Waals surface area contributed by atoms with Gasteiger partial charge in [0.05, 0.1) is 0 Å². The highest BCUT2D eigenvalue weighted by Crippen LogP contribution is 2.24. The van der Waals surface area contributed by atoms with Gasteiger partial charge in [0.25, 0.3) is 0 Å². The zero-order chi connectivity index (χ0) is 12.9. The van der Waals surface area contributed by atoms with E-state index < -0.39 is 0 Å². The molecule has 0 radical (unpaired) electrons. The van der Waals surface area contributed by atoms with Crippen molar-refractivity contribution in [1.82, 2.24) is 0 Å². The highest BCUT2D eigenvalue weighted by Gasteiger charge is 2.13. The molecule has 3 heteroatoms. The molecule has 0 heterocycles. The van der Waals surface area contributed by atoms with Crippen molar-refractivity contribution in [3.05, 3.63) is 29.8 Å². The summed E-state index contributed by atoms with van der Waals surface area (Å²) in [6.07, 6.45) is 0. The van der Waals surface area contributed by atoms with Gasteiger partial charge in [-0.25, -0.2) is 0 Å². The molecule has 0 aliphatic heterocycles. The summed E-state index contributed by atoms with van der Waals surface area (Å²) in [4.78, 5) is 2.23. The molecular formula is C14H25N3. The first-order valence-electron chi connectivity index (χ1n) is 6.24. The standard InChI is InChI=1S/C14H25N3/c1-14(2,3)12-4-6-13(7-5-12)17(10-8-15)11-9-16/h4-7H,8-11,15-16H2,1-3H3. The van der Waals surface area contributed by atoms with Gasteiger partial charge in [0.1, 0.15) is 0 Å². The molecule has 0 aromatic heterocycles. The maximum Gasteiger partial charge on any atom is 0.0367 e. The van der Waals surface area contributed by atoms with Crippen molar-refractivity contribution in [3.63, 3.8) is 0 Å². The van der Waals surface area contributed by atoms with E-state index in [1.165, 1.54) is 11.3 Å². The average Bonchev–Trinajstić information content (AvgIpc) is 2.28. The topological polar surface area (TPSA) is 55.3 Å². The lowest BCUT2D eigenvalue weighted by molar-refractivity contribution is 0.590. The molecule has 0 spiro atoms. The highest BCUT2D eigenvalue weighted by atomic mass is 15.1. The number of hydrogen-bond donors (Lipinski definition) is 2. The van der Waals surface area contributed by atoms with E-state index in [-0.39, 0.29) is 5.41 Å². The second-order valence-corrected chi connectivity index (χ2v) is 5.36. The summed E-state index contributed by atoms with van der Waals surface area (Å²) in [5.74, 6) is 0. The van der Waals surface area contributed by atoms with Crippen LogP contribution in [0.2, 0.25) is 0 Å². The van der Waals surface area contributed by atoms with Crippen LogP contribution >= 0.6 is 0 Å². The minimum atomic E-state index is 0.199. The van der Waals surface area contributed by atoms with E-state index in [1.54, 1.807) is 0 Å². The van der Waals surface area contributed by atoms with Gasteiger partial charge in [0.2, 0.25) is 0 Å². The summed E-state index contributed by atoms with van der Waals surface area (Å²) in [5, 5.41) is 0. The van der Waals surface area contributed by atoms with Crippen LogP contribution < -0.4 is 16.4 Å². The van der Waals surface area contributed by atoms with Gasteiger partial charge in [-0.2, -0.15) is 0 Å². The molecule has 1 rings (SSSR count). The summed E-state index contributed by atoms with van der Waals surface area (Å²) < 4.78 is 0. The smallest absolute Gasteiger partial charge is 0.0367 e. The summed E-state index contributed by atoms with van der Waals surface area (Å²) >= 11 is 0. The van der Waals surface area contributed by atoms with Gasteiger partial charge in [-0.15, -0.1) is 0 Å². The van der Waals surface area contributed by atoms with E-state index in [9.17, 15) is 0 Å². The largest absolute Gasteiger partial charge is 0.369 e. The van der Waals surface area contributed by atoms with Gasteiger partial charge in [0, 0.05) is 31.9 Å². The van der Waals surface area contributed by atoms with Crippen LogP contribution in [0.5, 0.6) is 0 Å². The number of nitrogens with two attached hydrogens (primary N) is 2. The Bertz CT molecular complexity index is 318. The molecule has 0 unspecified atom stereocenters. The Kier molecular flexibility index (Phi) is 4.97. The molecule has 0 aliphatic rings. The Morgan fingerprint density at radius 2 is 1.41 bits per heavy atom. The van der Waals surface area contributed by atoms with Crippen molar-refractivity contribution in [2.75, 3.05) is 31.1 Å². The Hall–Kier alpha value is -1.06. The van der Waals surface area contributed by atoms with Crippen LogP contribution in [-0.4, -0.2) is 26.2 Å². The monoisotopic (exact) mass is 235 g/mol. The predicted molar refractivity (Wildman–Crippen MR) is 75.5 cm³/mol. The molecule has 1 aromatic rings. The number of rotatable bonds is 5. The molecule has 1 aromatic carbocycles. The molecule has 0 bridgehead atoms. The SMILES string of the molecule is CC(C)(C)c1ccc(N(CCN)CCN)cc1. The van der Waals surface area contributed by atoms with Crippen LogP contribution in [-0.2, 0) is 5.41 Å². The van der Waals surface area contributed by atoms with Crippen LogP contribution in [0, 0.1) is 0 Å². The molecule has 0 saturated carbocycles. The Balaban J connectivity index is 2.84. The third-order valence-electron chi connectivity index (χ3n) is 2.90. The Labute approximate surface area is 105 Å². The van der Waals surface area contributed by atoms with E-state index >= 15 is 0 Å². The normalized spacial score (nSPS) is 11.6. The van der Waals surface area contributed by atoms with Crippen molar-refractivity contribution in [1.29, 1.82) is 0 Å². The molecule has 0 fully saturated rings. The lowest BCUT2D eigenvalue weighted by Crippen LogP contribution is -2.33. The minimum Gasteiger partial charge on any atom is -0.369 e. The van der Waals surface area contributed by atoms with Crippen LogP contribution in [0.4, 0.5) is 5.69 Å². The quantitative estimate of drug-likeness (QED) is 0.817. The second kappa shape index (κ2) is 6.03. The average molecular weight is 235 g/mol. The first-order chi connectivity index (χ1) is 7.99. The molecule has 0 aliphatic carbocycles. The lowest BCUT2D eigenvalue weighted by Gasteiger charge is -2.25. The molecule has 17 heavy (non-hydrogen) atoms. The first-order valence-corrected chi connectivity index (χ1v) is 6.24. The van der Waals surface area contributed by atoms with Crippen LogP contribution in [0.3, 0.4) is 0 Å². The summed E-state index contributed by atoms with van der Waals surface area (Å²) in [7, 11) is 0. The first kappa shape index (κ1) is 14.0. The maximum absolute atomic E-state index is 5.61. The van der Waals surface area contributed by atoms with Crippen molar-refractivity contribution >= 4 is 5.69 Å². The van der Waals surface area contributed by atoms with E-state index in [4.69, 9.17) is 11.5 Å². The van der Waals surface area contributed by atoms with E-state index in [0.717, 1.165) is 13.1 Å². The van der Waals surface area contributed by atoms with Crippen LogP contribution in [0.25, 0.3) is 0 Å². The van der Waals surface area contributed by atoms with Gasteiger partial charge in [-0.05, 0) is 23.1 Å². The molecule has 0 atom stereocenters. The van der Waals surface area contributed by atoms with Crippen LogP contribution in [0.1, 0.15) is 26.3 Å². The maximum atomic E-state index is 5.61. The summed E-state index contributed by atoms with van der Waals surface area (Å²) in [5.41, 5.74) is 14.0. The molecule has 96 valence electrons. The zero-order valence-electron chi connectivity index (χ0n) is 11.2. The van der Waals surface area contributed by atoms with Gasteiger partial charge >= 0.3 is 0 Å². The van der Waals surface area contributed by atoms with Gasteiger partial charge in [-0.3, -0.25) is 0 Å². The fourth-order valence-corrected chi connectivity index (χ4v) is 1.85. The van der Waals surface area contributed by atoms with Crippen LogP contribution in [0.15, 0.2) is 24.3 Å². The fraction of sp³-hybridized carbons (Fsp3) is 0.571. The number of benzene rings is 1. The van der Waals surface area contributed by atoms with Gasteiger partial charge in [-0.1, -0.05) is 32.9 Å². The number of hydrogen-bond acceptors (Lipinski definition) is 3. The van der Waals surface area contributed by atoms with Gasteiger partial charge in [0.15, 0.2) is 0 Å². The van der Waals surface area contributed by atoms with Crippen molar-refractivity contribution in [2.45, 2.75) is 26.2 Å². The van der Waals surface area contributed by atoms with Crippen molar-refractivity contribution < 1.29 is 0 Å². The highest BCUT2D eigenvalue weighted by molar-refractivity contribution is 5.48. The second-order valence-electron chi connectivity index (χ2n) is 5.36. The minimum absolute atomic E-state index is 0.199. The third kappa shape index (κ3) is 4.02. The van der Waals surface area contributed by atoms with E-state index in [0.29, 0.717) is 13.1 Å². The Morgan fingerprint density at radius 3 is 1.76 bits per heavy atom. The molecule has 0 amide bonds. The van der Waals surface area contributed by atoms with E-state index in [2.05, 4.69) is 49.9 Å². The Morgan fingerprint density at radius 1 is 0.941 bits per heavy atom. The predicted octanol–water partition coefficient (Wildman–Crippen LogP) is 1.71. The van der Waals surface area contributed by atoms with Crippen molar-refractivity contribution in [3.8, 4) is 0 Å². The summed E-state index contributed by atoms with van der Waals surface area (Å²) in [6.45, 7) is 9.68. The molecule has 0 saturated heterocycles. The van der Waals surface area contributed by atoms with Gasteiger partial charge < -0.3 is 16.4 Å². The number of nitrogens with zero attached hydrogens (tertiary/aromatic N) is 1. The zero-order valence-corrected chi connectivity index (χ0v) is 11.2. The molecule has 4 N–H and O–H groups in total. The summed E-state index contributed by atoms with van der Waals surface area (Å²) in [6, 6.07) is 8.70. The molecular weight excluding hydrogens is 210 g/mol.